The Hall–Kier alpha value is -0.200. The quantitative estimate of drug-likeness (QED) is 0.373. The highest BCUT2D eigenvalue weighted by molar-refractivity contribution is 5.38. The van der Waals surface area contributed by atoms with Crippen LogP contribution in [0.5, 0.6) is 0 Å². The molecule has 5 nitrogen and oxygen atoms in total. The molecule has 0 aromatic rings. The molecule has 5 heteroatoms. The van der Waals surface area contributed by atoms with E-state index in [0.717, 1.165) is 38.5 Å². The van der Waals surface area contributed by atoms with Crippen LogP contribution in [0.3, 0.4) is 0 Å². The van der Waals surface area contributed by atoms with Crippen molar-refractivity contribution in [3.8, 4) is 0 Å². The molecule has 5 saturated carbocycles. The average Bonchev–Trinajstić information content (AvgIpc) is 3.33. The molecule has 2 spiro atoms. The lowest BCUT2D eigenvalue weighted by Crippen LogP contribution is -2.65. The molecular weight excluding hydrogens is 500 g/mol. The van der Waals surface area contributed by atoms with Gasteiger partial charge in [-0.3, -0.25) is 0 Å². The first-order chi connectivity index (χ1) is 18.3. The lowest BCUT2D eigenvalue weighted by Gasteiger charge is -2.68. The topological polar surface area (TPSA) is 79.2 Å². The van der Waals surface area contributed by atoms with Gasteiger partial charge in [0.2, 0.25) is 0 Å². The van der Waals surface area contributed by atoms with Crippen LogP contribution in [0.15, 0.2) is 0 Å². The molecule has 6 rings (SSSR count). The van der Waals surface area contributed by atoms with Gasteiger partial charge in [0.05, 0.1) is 29.5 Å². The molecule has 40 heavy (non-hydrogen) atoms. The van der Waals surface area contributed by atoms with Gasteiger partial charge in [-0.2, -0.15) is 0 Å². The highest BCUT2D eigenvalue weighted by Gasteiger charge is 2.91. The van der Waals surface area contributed by atoms with E-state index < -0.39 is 23.4 Å². The monoisotopic (exact) mass is 560 g/mol. The maximum Gasteiger partial charge on any atom is 0.112 e. The van der Waals surface area contributed by atoms with Gasteiger partial charge < -0.3 is 24.8 Å². The van der Waals surface area contributed by atoms with Crippen LogP contribution >= 0.6 is 0 Å². The summed E-state index contributed by atoms with van der Waals surface area (Å²) in [4.78, 5) is 0. The van der Waals surface area contributed by atoms with Crippen molar-refractivity contribution in [3.63, 3.8) is 0 Å². The SMILES string of the molecule is CCO[C@@H]([C@H]1C[C@@H](C)C2[C@H](O1)[C@H](O)[C@@]1(C)[C@@H]3CC[C@@]4(C)C(C)(C)C(C)(O)CC[C@@]45[C@@H](C)[C@@]35CC[C@]21C)C(C)(C)O. The molecule has 0 bridgehead atoms. The Morgan fingerprint density at radius 3 is 2.23 bits per heavy atom. The second-order valence-electron chi connectivity index (χ2n) is 17.6. The van der Waals surface area contributed by atoms with Gasteiger partial charge in [0.15, 0.2) is 0 Å². The summed E-state index contributed by atoms with van der Waals surface area (Å²) in [6.07, 6.45) is 6.02. The molecule has 5 aliphatic carbocycles. The van der Waals surface area contributed by atoms with Crippen molar-refractivity contribution in [2.75, 3.05) is 6.61 Å². The molecule has 230 valence electrons. The molecule has 1 aliphatic heterocycles. The number of hydrogen-bond acceptors (Lipinski definition) is 5. The van der Waals surface area contributed by atoms with Crippen molar-refractivity contribution in [1.82, 2.24) is 0 Å². The summed E-state index contributed by atoms with van der Waals surface area (Å²) in [5.74, 6) is 1.74. The predicted octanol–water partition coefficient (Wildman–Crippen LogP) is 6.36. The molecule has 1 heterocycles. The second kappa shape index (κ2) is 8.29. The first-order valence-electron chi connectivity index (χ1n) is 16.7. The average molecular weight is 561 g/mol. The van der Waals surface area contributed by atoms with Gasteiger partial charge in [0, 0.05) is 12.0 Å². The highest BCUT2D eigenvalue weighted by atomic mass is 16.6. The normalized spacial score (nSPS) is 59.1. The van der Waals surface area contributed by atoms with Gasteiger partial charge in [0.1, 0.15) is 6.10 Å². The Kier molecular flexibility index (Phi) is 6.18. The molecule has 6 aliphatic rings. The minimum absolute atomic E-state index is 0.000147. The van der Waals surface area contributed by atoms with E-state index in [9.17, 15) is 15.3 Å². The van der Waals surface area contributed by atoms with Crippen molar-refractivity contribution in [2.24, 2.45) is 56.2 Å². The summed E-state index contributed by atoms with van der Waals surface area (Å²) in [7, 11) is 0. The number of aliphatic hydroxyl groups is 3. The van der Waals surface area contributed by atoms with E-state index in [-0.39, 0.29) is 44.7 Å². The van der Waals surface area contributed by atoms with Crippen LogP contribution in [0.4, 0.5) is 0 Å². The van der Waals surface area contributed by atoms with Crippen LogP contribution in [-0.4, -0.2) is 57.5 Å². The minimum Gasteiger partial charge on any atom is -0.390 e. The van der Waals surface area contributed by atoms with Gasteiger partial charge >= 0.3 is 0 Å². The van der Waals surface area contributed by atoms with E-state index in [0.29, 0.717) is 30.3 Å². The molecule has 14 atom stereocenters. The van der Waals surface area contributed by atoms with E-state index in [2.05, 4.69) is 55.4 Å². The molecule has 0 amide bonds. The third-order valence-corrected chi connectivity index (χ3v) is 16.5. The summed E-state index contributed by atoms with van der Waals surface area (Å²) in [6, 6.07) is 0. The van der Waals surface area contributed by atoms with Crippen molar-refractivity contribution in [1.29, 1.82) is 0 Å². The van der Waals surface area contributed by atoms with Gasteiger partial charge in [0.25, 0.3) is 0 Å². The maximum absolute atomic E-state index is 12.5. The third-order valence-electron chi connectivity index (χ3n) is 16.5. The number of ether oxygens (including phenoxy) is 2. The molecular formula is C35H60O5. The van der Waals surface area contributed by atoms with Crippen molar-refractivity contribution >= 4 is 0 Å². The molecule has 3 N–H and O–H groups in total. The summed E-state index contributed by atoms with van der Waals surface area (Å²) in [5.41, 5.74) is -1.55. The van der Waals surface area contributed by atoms with Crippen LogP contribution in [0, 0.1) is 56.2 Å². The Morgan fingerprint density at radius 2 is 1.62 bits per heavy atom. The Balaban J connectivity index is 1.40. The second-order valence-corrected chi connectivity index (χ2v) is 17.6. The third kappa shape index (κ3) is 2.95. The van der Waals surface area contributed by atoms with Gasteiger partial charge in [-0.25, -0.2) is 0 Å². The van der Waals surface area contributed by atoms with Gasteiger partial charge in [-0.1, -0.05) is 48.5 Å². The van der Waals surface area contributed by atoms with Crippen LogP contribution in [0.2, 0.25) is 0 Å². The zero-order valence-corrected chi connectivity index (χ0v) is 27.4. The van der Waals surface area contributed by atoms with Gasteiger partial charge in [-0.05, 0) is 123 Å². The zero-order valence-electron chi connectivity index (χ0n) is 27.4. The molecule has 2 unspecified atom stereocenters. The van der Waals surface area contributed by atoms with E-state index in [4.69, 9.17) is 9.47 Å². The summed E-state index contributed by atoms with van der Waals surface area (Å²) >= 11 is 0. The van der Waals surface area contributed by atoms with E-state index in [1.807, 2.05) is 20.8 Å². The van der Waals surface area contributed by atoms with Crippen molar-refractivity contribution in [2.45, 2.75) is 157 Å². The highest BCUT2D eigenvalue weighted by Crippen LogP contribution is 2.94. The van der Waals surface area contributed by atoms with Crippen LogP contribution in [-0.2, 0) is 9.47 Å². The molecule has 6 fully saturated rings. The van der Waals surface area contributed by atoms with Crippen molar-refractivity contribution in [3.05, 3.63) is 0 Å². The molecule has 0 aromatic heterocycles. The largest absolute Gasteiger partial charge is 0.390 e. The lowest BCUT2D eigenvalue weighted by molar-refractivity contribution is -0.240. The van der Waals surface area contributed by atoms with E-state index in [1.54, 1.807) is 0 Å². The van der Waals surface area contributed by atoms with Crippen LogP contribution in [0.1, 0.15) is 121 Å². The first-order valence-corrected chi connectivity index (χ1v) is 16.7. The fourth-order valence-corrected chi connectivity index (χ4v) is 13.9. The zero-order chi connectivity index (χ0) is 29.7. The Bertz CT molecular complexity index is 1050. The lowest BCUT2D eigenvalue weighted by atomic mass is 9.36. The fourth-order valence-electron chi connectivity index (χ4n) is 13.9. The van der Waals surface area contributed by atoms with Crippen LogP contribution in [0.25, 0.3) is 0 Å². The molecule has 0 aromatic carbocycles. The van der Waals surface area contributed by atoms with E-state index in [1.165, 1.54) is 6.42 Å². The van der Waals surface area contributed by atoms with Crippen molar-refractivity contribution < 1.29 is 24.8 Å². The van der Waals surface area contributed by atoms with Gasteiger partial charge in [-0.15, -0.1) is 0 Å². The first kappa shape index (κ1) is 29.9. The van der Waals surface area contributed by atoms with Crippen LogP contribution < -0.4 is 0 Å². The molecule has 0 radical (unpaired) electrons. The van der Waals surface area contributed by atoms with E-state index >= 15 is 0 Å². The number of rotatable bonds is 4. The number of aliphatic hydroxyl groups excluding tert-OH is 1. The maximum atomic E-state index is 12.5. The predicted molar refractivity (Wildman–Crippen MR) is 158 cm³/mol. The Morgan fingerprint density at radius 1 is 0.975 bits per heavy atom. The summed E-state index contributed by atoms with van der Waals surface area (Å²) in [5, 5.41) is 35.2. The summed E-state index contributed by atoms with van der Waals surface area (Å²) < 4.78 is 13.0. The summed E-state index contributed by atoms with van der Waals surface area (Å²) in [6.45, 7) is 25.2. The smallest absolute Gasteiger partial charge is 0.112 e. The number of fused-ring (bicyclic) bond motifs is 4. The molecule has 1 saturated heterocycles. The fraction of sp³-hybridized carbons (Fsp3) is 1.00. The standard InChI is InChI=1S/C35H60O5/c1-12-39-27(28(4,5)37)22-19-20(2)24-25(40-22)26(36)33(11)23-13-14-31(9)29(6,7)32(10,38)16-18-35(31)21(3)34(23,35)17-15-30(24,33)8/h20-27,36-38H,12-19H2,1-11H3/t20-,21+,22-,23+,24?,25+,26+,27+,30-,31+,32?,33-,34+,35-/m1/s1. The number of hydrogen-bond donors (Lipinski definition) is 3. The Labute approximate surface area is 244 Å². The minimum atomic E-state index is -1.01.